The topological polar surface area (TPSA) is 68.7 Å². The van der Waals surface area contributed by atoms with Gasteiger partial charge in [0.05, 0.1) is 13.2 Å². The monoisotopic (exact) mass is 304 g/mol. The predicted octanol–water partition coefficient (Wildman–Crippen LogP) is 0.233. The molecule has 2 saturated heterocycles. The SMILES string of the molecule is O=C(CN1CCC[C@H]1CO)N[C@H]1CCN(c2ccccn2)C1. The Kier molecular flexibility index (Phi) is 4.90. The first kappa shape index (κ1) is 15.2. The molecule has 0 bridgehead atoms. The highest BCUT2D eigenvalue weighted by molar-refractivity contribution is 5.78. The van der Waals surface area contributed by atoms with Crippen LogP contribution in [0.1, 0.15) is 19.3 Å². The van der Waals surface area contributed by atoms with Gasteiger partial charge in [0.15, 0.2) is 0 Å². The number of hydrogen-bond donors (Lipinski definition) is 2. The smallest absolute Gasteiger partial charge is 0.234 e. The van der Waals surface area contributed by atoms with Gasteiger partial charge in [-0.1, -0.05) is 6.07 Å². The molecule has 0 unspecified atom stereocenters. The van der Waals surface area contributed by atoms with E-state index >= 15 is 0 Å². The highest BCUT2D eigenvalue weighted by Crippen LogP contribution is 2.18. The van der Waals surface area contributed by atoms with Crippen LogP contribution in [0.2, 0.25) is 0 Å². The van der Waals surface area contributed by atoms with Crippen molar-refractivity contribution in [3.05, 3.63) is 24.4 Å². The van der Waals surface area contributed by atoms with Gasteiger partial charge in [0.2, 0.25) is 5.91 Å². The summed E-state index contributed by atoms with van der Waals surface area (Å²) in [5.41, 5.74) is 0. The van der Waals surface area contributed by atoms with Crippen molar-refractivity contribution in [2.45, 2.75) is 31.3 Å². The van der Waals surface area contributed by atoms with Crippen LogP contribution in [-0.2, 0) is 4.79 Å². The van der Waals surface area contributed by atoms with Crippen molar-refractivity contribution in [2.24, 2.45) is 0 Å². The fourth-order valence-electron chi connectivity index (χ4n) is 3.39. The van der Waals surface area contributed by atoms with E-state index in [4.69, 9.17) is 0 Å². The number of nitrogens with zero attached hydrogens (tertiary/aromatic N) is 3. The number of aliphatic hydroxyl groups excluding tert-OH is 1. The molecule has 2 aliphatic heterocycles. The van der Waals surface area contributed by atoms with Gasteiger partial charge >= 0.3 is 0 Å². The van der Waals surface area contributed by atoms with Crippen molar-refractivity contribution >= 4 is 11.7 Å². The molecule has 2 aliphatic rings. The second kappa shape index (κ2) is 7.07. The van der Waals surface area contributed by atoms with Crippen LogP contribution in [0.5, 0.6) is 0 Å². The van der Waals surface area contributed by atoms with E-state index in [1.54, 1.807) is 6.20 Å². The second-order valence-electron chi connectivity index (χ2n) is 6.14. The number of aliphatic hydroxyl groups is 1. The van der Waals surface area contributed by atoms with Crippen molar-refractivity contribution in [3.63, 3.8) is 0 Å². The van der Waals surface area contributed by atoms with Gasteiger partial charge in [-0.05, 0) is 37.9 Å². The first-order valence-electron chi connectivity index (χ1n) is 8.06. The molecule has 2 fully saturated rings. The molecule has 22 heavy (non-hydrogen) atoms. The minimum absolute atomic E-state index is 0.0632. The molecule has 3 heterocycles. The van der Waals surface area contributed by atoms with E-state index in [1.165, 1.54) is 0 Å². The molecule has 0 aromatic carbocycles. The van der Waals surface area contributed by atoms with Crippen LogP contribution in [0, 0.1) is 0 Å². The summed E-state index contributed by atoms with van der Waals surface area (Å²) in [6.45, 7) is 3.18. The number of amides is 1. The maximum absolute atomic E-state index is 12.2. The van der Waals surface area contributed by atoms with Gasteiger partial charge in [0.25, 0.3) is 0 Å². The lowest BCUT2D eigenvalue weighted by atomic mass is 10.2. The minimum Gasteiger partial charge on any atom is -0.395 e. The highest BCUT2D eigenvalue weighted by atomic mass is 16.3. The van der Waals surface area contributed by atoms with Crippen LogP contribution in [-0.4, -0.2) is 65.8 Å². The molecule has 0 spiro atoms. The number of rotatable bonds is 5. The normalized spacial score (nSPS) is 25.6. The van der Waals surface area contributed by atoms with Gasteiger partial charge < -0.3 is 15.3 Å². The lowest BCUT2D eigenvalue weighted by Crippen LogP contribution is -2.45. The van der Waals surface area contributed by atoms with Gasteiger partial charge in [-0.2, -0.15) is 0 Å². The van der Waals surface area contributed by atoms with Crippen LogP contribution in [0.4, 0.5) is 5.82 Å². The molecule has 0 aliphatic carbocycles. The Balaban J connectivity index is 1.47. The molecule has 3 rings (SSSR count). The summed E-state index contributed by atoms with van der Waals surface area (Å²) >= 11 is 0. The number of anilines is 1. The number of pyridine rings is 1. The van der Waals surface area contributed by atoms with Crippen molar-refractivity contribution in [1.82, 2.24) is 15.2 Å². The van der Waals surface area contributed by atoms with Crippen molar-refractivity contribution in [3.8, 4) is 0 Å². The average Bonchev–Trinajstić information content (AvgIpc) is 3.17. The van der Waals surface area contributed by atoms with Crippen LogP contribution in [0.15, 0.2) is 24.4 Å². The molecule has 0 saturated carbocycles. The summed E-state index contributed by atoms with van der Waals surface area (Å²) < 4.78 is 0. The maximum Gasteiger partial charge on any atom is 0.234 e. The third-order valence-corrected chi connectivity index (χ3v) is 4.58. The Bertz CT molecular complexity index is 496. The fraction of sp³-hybridized carbons (Fsp3) is 0.625. The number of hydrogen-bond acceptors (Lipinski definition) is 5. The number of carbonyl (C=O) groups excluding carboxylic acids is 1. The molecule has 120 valence electrons. The lowest BCUT2D eigenvalue weighted by Gasteiger charge is -2.23. The van der Waals surface area contributed by atoms with Gasteiger partial charge in [-0.25, -0.2) is 4.98 Å². The molecular formula is C16H24N4O2. The van der Waals surface area contributed by atoms with Gasteiger partial charge in [0, 0.05) is 31.4 Å². The molecule has 2 N–H and O–H groups in total. The van der Waals surface area contributed by atoms with Crippen LogP contribution in [0.3, 0.4) is 0 Å². The Morgan fingerprint density at radius 3 is 3.05 bits per heavy atom. The van der Waals surface area contributed by atoms with Crippen LogP contribution < -0.4 is 10.2 Å². The van der Waals surface area contributed by atoms with E-state index in [9.17, 15) is 9.90 Å². The summed E-state index contributed by atoms with van der Waals surface area (Å²) in [5, 5.41) is 12.4. The largest absolute Gasteiger partial charge is 0.395 e. The maximum atomic E-state index is 12.2. The van der Waals surface area contributed by atoms with Crippen molar-refractivity contribution in [1.29, 1.82) is 0 Å². The summed E-state index contributed by atoms with van der Waals surface area (Å²) in [6.07, 6.45) is 4.80. The number of aromatic nitrogens is 1. The summed E-state index contributed by atoms with van der Waals surface area (Å²) in [6, 6.07) is 6.23. The molecule has 6 heteroatoms. The molecule has 1 aromatic heterocycles. The summed E-state index contributed by atoms with van der Waals surface area (Å²) in [7, 11) is 0. The van der Waals surface area contributed by atoms with Crippen LogP contribution >= 0.6 is 0 Å². The lowest BCUT2D eigenvalue weighted by molar-refractivity contribution is -0.123. The van der Waals surface area contributed by atoms with E-state index in [-0.39, 0.29) is 24.6 Å². The molecule has 1 amide bonds. The molecule has 1 aromatic rings. The molecule has 0 radical (unpaired) electrons. The zero-order valence-corrected chi connectivity index (χ0v) is 12.8. The molecule has 2 atom stereocenters. The number of carbonyl (C=O) groups is 1. The highest BCUT2D eigenvalue weighted by Gasteiger charge is 2.28. The van der Waals surface area contributed by atoms with Gasteiger partial charge in [0.1, 0.15) is 5.82 Å². The quantitative estimate of drug-likeness (QED) is 0.815. The third-order valence-electron chi connectivity index (χ3n) is 4.58. The van der Waals surface area contributed by atoms with E-state index in [0.29, 0.717) is 6.54 Å². The second-order valence-corrected chi connectivity index (χ2v) is 6.14. The molecular weight excluding hydrogens is 280 g/mol. The Hall–Kier alpha value is -1.66. The minimum atomic E-state index is 0.0632. The van der Waals surface area contributed by atoms with E-state index in [1.807, 2.05) is 18.2 Å². The van der Waals surface area contributed by atoms with E-state index in [2.05, 4.69) is 20.1 Å². The predicted molar refractivity (Wildman–Crippen MR) is 84.7 cm³/mol. The number of likely N-dealkylation sites (tertiary alicyclic amines) is 1. The fourth-order valence-corrected chi connectivity index (χ4v) is 3.39. The van der Waals surface area contributed by atoms with E-state index < -0.39 is 0 Å². The zero-order chi connectivity index (χ0) is 15.4. The summed E-state index contributed by atoms with van der Waals surface area (Å²) in [4.78, 5) is 20.8. The molecule has 6 nitrogen and oxygen atoms in total. The third kappa shape index (κ3) is 3.56. The Morgan fingerprint density at radius 1 is 1.36 bits per heavy atom. The van der Waals surface area contributed by atoms with Crippen LogP contribution in [0.25, 0.3) is 0 Å². The zero-order valence-electron chi connectivity index (χ0n) is 12.8. The van der Waals surface area contributed by atoms with Crippen molar-refractivity contribution in [2.75, 3.05) is 37.7 Å². The number of nitrogens with one attached hydrogen (secondary N) is 1. The van der Waals surface area contributed by atoms with Gasteiger partial charge in [-0.3, -0.25) is 9.69 Å². The first-order valence-corrected chi connectivity index (χ1v) is 8.06. The van der Waals surface area contributed by atoms with E-state index in [0.717, 1.165) is 44.7 Å². The Labute approximate surface area is 131 Å². The van der Waals surface area contributed by atoms with Gasteiger partial charge in [-0.15, -0.1) is 0 Å². The standard InChI is InChI=1S/C16H24N4O2/c21-12-14-4-3-8-19(14)11-16(22)18-13-6-9-20(10-13)15-5-1-2-7-17-15/h1-2,5,7,13-14,21H,3-4,6,8-12H2,(H,18,22)/t13-,14-/m0/s1. The summed E-state index contributed by atoms with van der Waals surface area (Å²) in [5.74, 6) is 1.03. The van der Waals surface area contributed by atoms with Crippen molar-refractivity contribution < 1.29 is 9.90 Å². The Morgan fingerprint density at radius 2 is 2.27 bits per heavy atom. The first-order chi connectivity index (χ1) is 10.8. The average molecular weight is 304 g/mol.